The highest BCUT2D eigenvalue weighted by atomic mass is 16.1. The Kier molecular flexibility index (Phi) is 4.39. The molecule has 2 aromatic rings. The largest absolute Gasteiger partial charge is 0.299 e. The number of aliphatic imine (C=N–C) groups is 1. The van der Waals surface area contributed by atoms with Gasteiger partial charge in [-0.05, 0) is 29.4 Å². The van der Waals surface area contributed by atoms with Gasteiger partial charge in [-0.15, -0.1) is 0 Å². The fourth-order valence-electron chi connectivity index (χ4n) is 5.46. The Bertz CT molecular complexity index is 1120. The van der Waals surface area contributed by atoms with E-state index in [1.54, 1.807) is 0 Å². The van der Waals surface area contributed by atoms with E-state index in [1.165, 1.54) is 5.56 Å². The summed E-state index contributed by atoms with van der Waals surface area (Å²) in [6, 6.07) is 16.3. The Balaban J connectivity index is 1.69. The van der Waals surface area contributed by atoms with Crippen molar-refractivity contribution >= 4 is 23.0 Å². The second-order valence-corrected chi connectivity index (χ2v) is 9.67. The van der Waals surface area contributed by atoms with Gasteiger partial charge in [0.2, 0.25) is 0 Å². The average Bonchev–Trinajstić information content (AvgIpc) is 2.99. The summed E-state index contributed by atoms with van der Waals surface area (Å²) in [5.41, 5.74) is 6.31. The zero-order valence-electron chi connectivity index (χ0n) is 17.9. The molecule has 1 fully saturated rings. The molecule has 2 aromatic carbocycles. The van der Waals surface area contributed by atoms with E-state index in [0.717, 1.165) is 41.8 Å². The summed E-state index contributed by atoms with van der Waals surface area (Å²) >= 11 is 0. The first-order chi connectivity index (χ1) is 14.4. The van der Waals surface area contributed by atoms with Gasteiger partial charge in [0, 0.05) is 34.8 Å². The predicted octanol–water partition coefficient (Wildman–Crippen LogP) is 5.79. The zero-order valence-corrected chi connectivity index (χ0v) is 17.9. The Morgan fingerprint density at radius 2 is 1.63 bits per heavy atom. The normalized spacial score (nSPS) is 24.3. The number of ketones is 2. The van der Waals surface area contributed by atoms with Gasteiger partial charge in [-0.3, -0.25) is 14.6 Å². The molecule has 5 rings (SSSR count). The number of fused-ring (bicyclic) bond motifs is 3. The molecule has 1 unspecified atom stereocenters. The van der Waals surface area contributed by atoms with E-state index < -0.39 is 0 Å². The van der Waals surface area contributed by atoms with Gasteiger partial charge < -0.3 is 0 Å². The third-order valence-electron chi connectivity index (χ3n) is 6.72. The standard InChI is InChI=1S/C27H27NO2/c1-4-7-16-10-12-17(13-11-16)22-23-20(14-27(2,3)15-21(23)29)28-25-18-8-5-6-9-19(18)26(30)24(22)25/h5-6,8-13,22-23H,4,7,14-15H2,1-3H3/t22-,23?/m1/s1. The van der Waals surface area contributed by atoms with Crippen LogP contribution >= 0.6 is 0 Å². The lowest BCUT2D eigenvalue weighted by Gasteiger charge is -2.40. The number of aryl methyl sites for hydroxylation is 1. The Hall–Kier alpha value is -2.81. The second-order valence-electron chi connectivity index (χ2n) is 9.67. The van der Waals surface area contributed by atoms with Crippen LogP contribution in [0.4, 0.5) is 0 Å². The third-order valence-corrected chi connectivity index (χ3v) is 6.72. The van der Waals surface area contributed by atoms with Crippen LogP contribution in [0, 0.1) is 11.3 Å². The van der Waals surface area contributed by atoms with E-state index in [-0.39, 0.29) is 28.8 Å². The lowest BCUT2D eigenvalue weighted by Crippen LogP contribution is -2.43. The average molecular weight is 398 g/mol. The number of allylic oxidation sites excluding steroid dienone is 1. The van der Waals surface area contributed by atoms with E-state index >= 15 is 0 Å². The first kappa shape index (κ1) is 19.2. The second kappa shape index (κ2) is 6.87. The maximum absolute atomic E-state index is 13.5. The summed E-state index contributed by atoms with van der Waals surface area (Å²) < 4.78 is 0. The van der Waals surface area contributed by atoms with Gasteiger partial charge >= 0.3 is 0 Å². The molecule has 1 aliphatic heterocycles. The summed E-state index contributed by atoms with van der Waals surface area (Å²) in [7, 11) is 0. The van der Waals surface area contributed by atoms with Crippen LogP contribution in [0.25, 0.3) is 5.70 Å². The summed E-state index contributed by atoms with van der Waals surface area (Å²) in [5, 5.41) is 0. The van der Waals surface area contributed by atoms with Crippen molar-refractivity contribution in [3.63, 3.8) is 0 Å². The van der Waals surface area contributed by atoms with Crippen LogP contribution in [-0.4, -0.2) is 17.3 Å². The van der Waals surface area contributed by atoms with Gasteiger partial charge in [0.05, 0.1) is 11.6 Å². The van der Waals surface area contributed by atoms with Crippen molar-refractivity contribution < 1.29 is 9.59 Å². The van der Waals surface area contributed by atoms with Crippen LogP contribution in [0.5, 0.6) is 0 Å². The number of hydrogen-bond donors (Lipinski definition) is 0. The van der Waals surface area contributed by atoms with Crippen LogP contribution in [0.15, 0.2) is 59.1 Å². The van der Waals surface area contributed by atoms with Gasteiger partial charge in [-0.25, -0.2) is 0 Å². The van der Waals surface area contributed by atoms with Crippen molar-refractivity contribution in [2.75, 3.05) is 0 Å². The Labute approximate surface area is 177 Å². The Morgan fingerprint density at radius 1 is 0.933 bits per heavy atom. The number of carbonyl (C=O) groups is 2. The maximum atomic E-state index is 13.5. The molecule has 3 heteroatoms. The minimum Gasteiger partial charge on any atom is -0.299 e. The van der Waals surface area contributed by atoms with Crippen molar-refractivity contribution in [3.8, 4) is 0 Å². The first-order valence-electron chi connectivity index (χ1n) is 11.0. The monoisotopic (exact) mass is 397 g/mol. The molecule has 0 spiro atoms. The van der Waals surface area contributed by atoms with E-state index in [9.17, 15) is 9.59 Å². The quantitative estimate of drug-likeness (QED) is 0.658. The molecule has 0 radical (unpaired) electrons. The molecule has 0 N–H and O–H groups in total. The number of benzene rings is 2. The minimum absolute atomic E-state index is 0.0312. The molecule has 30 heavy (non-hydrogen) atoms. The lowest BCUT2D eigenvalue weighted by molar-refractivity contribution is -0.124. The van der Waals surface area contributed by atoms with Crippen LogP contribution in [-0.2, 0) is 11.2 Å². The summed E-state index contributed by atoms with van der Waals surface area (Å²) in [6.07, 6.45) is 3.46. The molecule has 2 aliphatic carbocycles. The molecule has 1 heterocycles. The van der Waals surface area contributed by atoms with Crippen molar-refractivity contribution in [1.82, 2.24) is 0 Å². The maximum Gasteiger partial charge on any atom is 0.192 e. The molecule has 0 bridgehead atoms. The summed E-state index contributed by atoms with van der Waals surface area (Å²) in [6.45, 7) is 6.44. The highest BCUT2D eigenvalue weighted by Crippen LogP contribution is 2.51. The van der Waals surface area contributed by atoms with Crippen LogP contribution in [0.1, 0.15) is 73.0 Å². The van der Waals surface area contributed by atoms with Gasteiger partial charge in [0.15, 0.2) is 5.78 Å². The number of hydrogen-bond acceptors (Lipinski definition) is 3. The molecule has 152 valence electrons. The molecule has 2 atom stereocenters. The molecule has 0 amide bonds. The van der Waals surface area contributed by atoms with Gasteiger partial charge in [0.25, 0.3) is 0 Å². The smallest absolute Gasteiger partial charge is 0.192 e. The van der Waals surface area contributed by atoms with E-state index in [0.29, 0.717) is 17.6 Å². The first-order valence-corrected chi connectivity index (χ1v) is 11.0. The highest BCUT2D eigenvalue weighted by Gasteiger charge is 2.49. The van der Waals surface area contributed by atoms with Crippen LogP contribution in [0.2, 0.25) is 0 Å². The summed E-state index contributed by atoms with van der Waals surface area (Å²) in [5.74, 6) is -0.328. The minimum atomic E-state index is -0.327. The van der Waals surface area contributed by atoms with E-state index in [1.807, 2.05) is 24.3 Å². The van der Waals surface area contributed by atoms with Gasteiger partial charge in [0.1, 0.15) is 5.78 Å². The van der Waals surface area contributed by atoms with Crippen molar-refractivity contribution in [2.45, 2.75) is 52.4 Å². The number of nitrogens with zero attached hydrogens (tertiary/aromatic N) is 1. The molecule has 1 saturated carbocycles. The highest BCUT2D eigenvalue weighted by molar-refractivity contribution is 6.25. The number of rotatable bonds is 3. The predicted molar refractivity (Wildman–Crippen MR) is 120 cm³/mol. The fourth-order valence-corrected chi connectivity index (χ4v) is 5.46. The van der Waals surface area contributed by atoms with Crippen LogP contribution in [0.3, 0.4) is 0 Å². The molecular formula is C27H27NO2. The van der Waals surface area contributed by atoms with E-state index in [2.05, 4.69) is 45.0 Å². The summed E-state index contributed by atoms with van der Waals surface area (Å²) in [4.78, 5) is 31.8. The zero-order chi connectivity index (χ0) is 21.0. The third kappa shape index (κ3) is 2.91. The van der Waals surface area contributed by atoms with Crippen molar-refractivity contribution in [2.24, 2.45) is 16.3 Å². The molecule has 3 aliphatic rings. The molecule has 0 saturated heterocycles. The van der Waals surface area contributed by atoms with Crippen molar-refractivity contribution in [3.05, 3.63) is 76.4 Å². The SMILES string of the molecule is CCCc1ccc([C@H]2C3=C(N=C4CC(C)(C)CC(=O)C42)c2ccccc2C3=O)cc1. The lowest BCUT2D eigenvalue weighted by atomic mass is 9.63. The van der Waals surface area contributed by atoms with Gasteiger partial charge in [-0.2, -0.15) is 0 Å². The number of carbonyl (C=O) groups excluding carboxylic acids is 2. The van der Waals surface area contributed by atoms with E-state index in [4.69, 9.17) is 4.99 Å². The van der Waals surface area contributed by atoms with Crippen LogP contribution < -0.4 is 0 Å². The molecule has 0 aromatic heterocycles. The number of Topliss-reactive ketones (excluding diaryl/α,β-unsaturated/α-hetero) is 2. The Morgan fingerprint density at radius 3 is 2.33 bits per heavy atom. The van der Waals surface area contributed by atoms with Crippen molar-refractivity contribution in [1.29, 1.82) is 0 Å². The van der Waals surface area contributed by atoms with Gasteiger partial charge in [-0.1, -0.05) is 75.7 Å². The molecule has 3 nitrogen and oxygen atoms in total. The fraction of sp³-hybridized carbons (Fsp3) is 0.370. The molecular weight excluding hydrogens is 370 g/mol. The topological polar surface area (TPSA) is 46.5 Å².